The zero-order valence-corrected chi connectivity index (χ0v) is 14.3. The highest BCUT2D eigenvalue weighted by atomic mass is 35.5. The largest absolute Gasteiger partial charge is 0.378 e. The smallest absolute Gasteiger partial charge is 0.0575 e. The molecule has 0 heterocycles. The lowest BCUT2D eigenvalue weighted by Gasteiger charge is -2.31. The van der Waals surface area contributed by atoms with Gasteiger partial charge in [0.15, 0.2) is 0 Å². The summed E-state index contributed by atoms with van der Waals surface area (Å²) < 4.78 is 6.04. The third-order valence-electron chi connectivity index (χ3n) is 4.29. The number of anilines is 1. The van der Waals surface area contributed by atoms with Gasteiger partial charge in [0.05, 0.1) is 6.10 Å². The van der Waals surface area contributed by atoms with Crippen molar-refractivity contribution in [1.29, 1.82) is 0 Å². The number of nitrogens with zero attached hydrogens (tertiary/aromatic N) is 1. The van der Waals surface area contributed by atoms with Crippen molar-refractivity contribution in [3.8, 4) is 0 Å². The second-order valence-electron chi connectivity index (χ2n) is 5.99. The van der Waals surface area contributed by atoms with E-state index in [9.17, 15) is 0 Å². The highest BCUT2D eigenvalue weighted by Crippen LogP contribution is 2.23. The quantitative estimate of drug-likeness (QED) is 0.605. The number of hydrogen-bond donors (Lipinski definition) is 0. The first-order chi connectivity index (χ1) is 10.7. The third-order valence-corrected chi connectivity index (χ3v) is 4.54. The molecule has 0 spiro atoms. The summed E-state index contributed by atoms with van der Waals surface area (Å²) in [5.41, 5.74) is 1.18. The molecule has 1 atom stereocenters. The van der Waals surface area contributed by atoms with Crippen molar-refractivity contribution in [2.75, 3.05) is 18.1 Å². The van der Waals surface area contributed by atoms with Gasteiger partial charge in [-0.2, -0.15) is 0 Å². The molecule has 1 radical (unpaired) electrons. The van der Waals surface area contributed by atoms with Crippen molar-refractivity contribution >= 4 is 17.3 Å². The molecule has 0 N–H and O–H groups in total. The molecule has 1 aromatic carbocycles. The summed E-state index contributed by atoms with van der Waals surface area (Å²) in [4.78, 5) is 2.35. The molecule has 1 fully saturated rings. The summed E-state index contributed by atoms with van der Waals surface area (Å²) >= 11 is 5.98. The highest BCUT2D eigenvalue weighted by Gasteiger charge is 2.16. The molecule has 0 bridgehead atoms. The number of hydrogen-bond acceptors (Lipinski definition) is 2. The van der Waals surface area contributed by atoms with Gasteiger partial charge in [0.2, 0.25) is 0 Å². The van der Waals surface area contributed by atoms with Crippen LogP contribution in [0.5, 0.6) is 0 Å². The molecule has 0 saturated heterocycles. The zero-order valence-electron chi connectivity index (χ0n) is 13.5. The van der Waals surface area contributed by atoms with E-state index in [0.29, 0.717) is 12.1 Å². The standard InChI is InChI=1S/C19H27ClNO/c1-3-14-21(18-11-9-17(20)10-12-18)16(2)13-15-22-19-7-5-4-6-8-19/h3-4,9-12,16,19H,1,5-8,13-15H2,2H3. The molecule has 1 unspecified atom stereocenters. The number of rotatable bonds is 8. The minimum atomic E-state index is 0.411. The van der Waals surface area contributed by atoms with Crippen molar-refractivity contribution in [2.24, 2.45) is 0 Å². The van der Waals surface area contributed by atoms with Crippen molar-refractivity contribution in [2.45, 2.75) is 51.2 Å². The topological polar surface area (TPSA) is 12.5 Å². The normalized spacial score (nSPS) is 17.2. The molecule has 121 valence electrons. The van der Waals surface area contributed by atoms with E-state index in [0.717, 1.165) is 24.6 Å². The van der Waals surface area contributed by atoms with E-state index in [1.807, 2.05) is 18.2 Å². The van der Waals surface area contributed by atoms with Crippen molar-refractivity contribution in [1.82, 2.24) is 0 Å². The van der Waals surface area contributed by atoms with Crippen molar-refractivity contribution in [3.63, 3.8) is 0 Å². The first kappa shape index (κ1) is 17.4. The lowest BCUT2D eigenvalue weighted by atomic mass is 9.98. The lowest BCUT2D eigenvalue weighted by Crippen LogP contribution is -2.34. The first-order valence-electron chi connectivity index (χ1n) is 8.27. The van der Waals surface area contributed by atoms with Crippen LogP contribution in [-0.4, -0.2) is 25.3 Å². The first-order valence-corrected chi connectivity index (χ1v) is 8.65. The van der Waals surface area contributed by atoms with Crippen LogP contribution in [0, 0.1) is 6.42 Å². The van der Waals surface area contributed by atoms with Gasteiger partial charge in [-0.1, -0.05) is 17.7 Å². The fourth-order valence-electron chi connectivity index (χ4n) is 2.94. The molecular formula is C19H27ClNO. The lowest BCUT2D eigenvalue weighted by molar-refractivity contribution is 0.0314. The number of benzene rings is 1. The maximum absolute atomic E-state index is 6.04. The van der Waals surface area contributed by atoms with E-state index in [4.69, 9.17) is 16.3 Å². The minimum absolute atomic E-state index is 0.411. The molecule has 0 aromatic heterocycles. The molecule has 1 aliphatic rings. The van der Waals surface area contributed by atoms with Gasteiger partial charge >= 0.3 is 0 Å². The zero-order chi connectivity index (χ0) is 15.8. The van der Waals surface area contributed by atoms with Crippen LogP contribution in [0.2, 0.25) is 5.02 Å². The van der Waals surface area contributed by atoms with Crippen LogP contribution in [-0.2, 0) is 4.74 Å². The average molecular weight is 321 g/mol. The fourth-order valence-corrected chi connectivity index (χ4v) is 3.06. The van der Waals surface area contributed by atoms with E-state index in [1.54, 1.807) is 0 Å². The van der Waals surface area contributed by atoms with Gasteiger partial charge in [-0.3, -0.25) is 0 Å². The second kappa shape index (κ2) is 9.22. The Balaban J connectivity index is 1.84. The Bertz CT molecular complexity index is 439. The molecule has 0 amide bonds. The summed E-state index contributed by atoms with van der Waals surface area (Å²) in [6, 6.07) is 8.43. The number of ether oxygens (including phenoxy) is 1. The highest BCUT2D eigenvalue weighted by molar-refractivity contribution is 6.30. The average Bonchev–Trinajstić information content (AvgIpc) is 2.54. The molecule has 3 heteroatoms. The van der Waals surface area contributed by atoms with Crippen LogP contribution in [0.15, 0.2) is 36.9 Å². The van der Waals surface area contributed by atoms with E-state index >= 15 is 0 Å². The maximum atomic E-state index is 6.04. The molecule has 2 nitrogen and oxygen atoms in total. The van der Waals surface area contributed by atoms with E-state index < -0.39 is 0 Å². The van der Waals surface area contributed by atoms with Gasteiger partial charge in [-0.05, 0) is 69.7 Å². The van der Waals surface area contributed by atoms with Gasteiger partial charge in [0.1, 0.15) is 0 Å². The van der Waals surface area contributed by atoms with Gasteiger partial charge in [-0.25, -0.2) is 0 Å². The molecule has 1 aliphatic carbocycles. The fraction of sp³-hybridized carbons (Fsp3) is 0.526. The maximum Gasteiger partial charge on any atom is 0.0575 e. The Morgan fingerprint density at radius 1 is 1.32 bits per heavy atom. The summed E-state index contributed by atoms with van der Waals surface area (Å²) in [5.74, 6) is 0. The van der Waals surface area contributed by atoms with Crippen LogP contribution in [0.1, 0.15) is 39.0 Å². The predicted molar refractivity (Wildman–Crippen MR) is 95.6 cm³/mol. The molecule has 1 aromatic rings. The van der Waals surface area contributed by atoms with Crippen LogP contribution in [0.3, 0.4) is 0 Å². The Morgan fingerprint density at radius 3 is 2.64 bits per heavy atom. The molecule has 1 saturated carbocycles. The minimum Gasteiger partial charge on any atom is -0.378 e. The Labute approximate surface area is 140 Å². The Hall–Kier alpha value is -0.990. The van der Waals surface area contributed by atoms with E-state index in [2.05, 4.69) is 37.0 Å². The van der Waals surface area contributed by atoms with Gasteiger partial charge in [0, 0.05) is 29.9 Å². The van der Waals surface area contributed by atoms with E-state index in [1.165, 1.54) is 31.4 Å². The van der Waals surface area contributed by atoms with Crippen LogP contribution in [0.25, 0.3) is 0 Å². The molecule has 22 heavy (non-hydrogen) atoms. The van der Waals surface area contributed by atoms with Gasteiger partial charge in [0.25, 0.3) is 0 Å². The molecule has 0 aliphatic heterocycles. The van der Waals surface area contributed by atoms with Crippen LogP contribution in [0.4, 0.5) is 5.69 Å². The van der Waals surface area contributed by atoms with Crippen LogP contribution >= 0.6 is 11.6 Å². The summed E-state index contributed by atoms with van der Waals surface area (Å²) in [6.45, 7) is 7.78. The summed E-state index contributed by atoms with van der Waals surface area (Å²) in [7, 11) is 0. The Morgan fingerprint density at radius 2 is 2.00 bits per heavy atom. The Kier molecular flexibility index (Phi) is 7.28. The van der Waals surface area contributed by atoms with E-state index in [-0.39, 0.29) is 0 Å². The second-order valence-corrected chi connectivity index (χ2v) is 6.43. The van der Waals surface area contributed by atoms with Crippen molar-refractivity contribution in [3.05, 3.63) is 48.4 Å². The summed E-state index contributed by atoms with van der Waals surface area (Å²) in [6.07, 6.45) is 10.6. The SMILES string of the molecule is C=CCN(c1ccc(Cl)cc1)C(C)CCOC1CC[CH]CC1. The summed E-state index contributed by atoms with van der Waals surface area (Å²) in [5, 5.41) is 0.771. The van der Waals surface area contributed by atoms with Crippen LogP contribution < -0.4 is 4.90 Å². The van der Waals surface area contributed by atoms with Gasteiger partial charge in [-0.15, -0.1) is 6.58 Å². The molecule has 2 rings (SSSR count). The third kappa shape index (κ3) is 5.33. The number of halogens is 1. The van der Waals surface area contributed by atoms with Crippen molar-refractivity contribution < 1.29 is 4.74 Å². The monoisotopic (exact) mass is 320 g/mol. The predicted octanol–water partition coefficient (Wildman–Crippen LogP) is 5.27. The molecular weight excluding hydrogens is 294 g/mol. The van der Waals surface area contributed by atoms with Gasteiger partial charge < -0.3 is 9.64 Å².